The van der Waals surface area contributed by atoms with Gasteiger partial charge in [0.15, 0.2) is 0 Å². The molecule has 1 aliphatic heterocycles. The number of anilines is 1. The Morgan fingerprint density at radius 3 is 3.12 bits per heavy atom. The summed E-state index contributed by atoms with van der Waals surface area (Å²) in [5.41, 5.74) is 3.82. The summed E-state index contributed by atoms with van der Waals surface area (Å²) in [6, 6.07) is 8.96. The minimum Gasteiger partial charge on any atom is -0.376 e. The average molecular weight is 228 g/mol. The van der Waals surface area contributed by atoms with Gasteiger partial charge < -0.3 is 10.6 Å². The van der Waals surface area contributed by atoms with E-state index in [1.54, 1.807) is 0 Å². The van der Waals surface area contributed by atoms with Crippen LogP contribution in [0.15, 0.2) is 36.7 Å². The van der Waals surface area contributed by atoms with Crippen LogP contribution in [-0.2, 0) is 6.54 Å². The van der Waals surface area contributed by atoms with Gasteiger partial charge in [-0.2, -0.15) is 5.10 Å². The fourth-order valence-electron chi connectivity index (χ4n) is 2.34. The standard InChI is InChI=1S/C13H16N4/c1-2-4-12-10(3-1)7-14-6-5-13(12)17-11-8-15-16-9-11/h1-4,8-9,13-14,17H,5-7H2,(H,15,16). The molecule has 2 heterocycles. The van der Waals surface area contributed by atoms with E-state index in [1.165, 1.54) is 11.1 Å². The van der Waals surface area contributed by atoms with E-state index in [0.717, 1.165) is 25.2 Å². The van der Waals surface area contributed by atoms with Crippen molar-refractivity contribution in [2.24, 2.45) is 0 Å². The molecule has 1 atom stereocenters. The fraction of sp³-hybridized carbons (Fsp3) is 0.308. The zero-order valence-electron chi connectivity index (χ0n) is 9.61. The lowest BCUT2D eigenvalue weighted by Crippen LogP contribution is -2.14. The van der Waals surface area contributed by atoms with Gasteiger partial charge in [0, 0.05) is 12.7 Å². The number of aromatic amines is 1. The lowest BCUT2D eigenvalue weighted by Gasteiger charge is -2.18. The molecular formula is C13H16N4. The Morgan fingerprint density at radius 2 is 2.24 bits per heavy atom. The first-order valence-corrected chi connectivity index (χ1v) is 5.97. The van der Waals surface area contributed by atoms with Crippen molar-refractivity contribution >= 4 is 5.69 Å². The number of hydrogen-bond donors (Lipinski definition) is 3. The maximum Gasteiger partial charge on any atom is 0.0728 e. The number of fused-ring (bicyclic) bond motifs is 1. The molecule has 3 rings (SSSR count). The van der Waals surface area contributed by atoms with Gasteiger partial charge in [-0.3, -0.25) is 5.10 Å². The van der Waals surface area contributed by atoms with Gasteiger partial charge >= 0.3 is 0 Å². The molecule has 0 aliphatic carbocycles. The van der Waals surface area contributed by atoms with Crippen molar-refractivity contribution in [3.8, 4) is 0 Å². The van der Waals surface area contributed by atoms with E-state index in [9.17, 15) is 0 Å². The van der Waals surface area contributed by atoms with Gasteiger partial charge in [0.2, 0.25) is 0 Å². The first-order valence-electron chi connectivity index (χ1n) is 5.97. The lowest BCUT2D eigenvalue weighted by atomic mass is 9.99. The Bertz CT molecular complexity index is 478. The molecule has 0 saturated heterocycles. The van der Waals surface area contributed by atoms with Gasteiger partial charge in [-0.25, -0.2) is 0 Å². The van der Waals surface area contributed by atoms with Gasteiger partial charge in [0.1, 0.15) is 0 Å². The van der Waals surface area contributed by atoms with Crippen LogP contribution in [-0.4, -0.2) is 16.7 Å². The topological polar surface area (TPSA) is 52.7 Å². The van der Waals surface area contributed by atoms with Crippen LogP contribution >= 0.6 is 0 Å². The van der Waals surface area contributed by atoms with Crippen molar-refractivity contribution in [1.29, 1.82) is 0 Å². The molecule has 4 heteroatoms. The first kappa shape index (κ1) is 10.4. The van der Waals surface area contributed by atoms with E-state index < -0.39 is 0 Å². The van der Waals surface area contributed by atoms with Gasteiger partial charge in [-0.15, -0.1) is 0 Å². The second kappa shape index (κ2) is 4.59. The van der Waals surface area contributed by atoms with Crippen molar-refractivity contribution in [2.45, 2.75) is 19.0 Å². The van der Waals surface area contributed by atoms with E-state index in [4.69, 9.17) is 0 Å². The Hall–Kier alpha value is -1.81. The highest BCUT2D eigenvalue weighted by molar-refractivity contribution is 5.43. The second-order valence-electron chi connectivity index (χ2n) is 4.35. The van der Waals surface area contributed by atoms with Crippen molar-refractivity contribution in [3.05, 3.63) is 47.8 Å². The molecule has 88 valence electrons. The monoisotopic (exact) mass is 228 g/mol. The summed E-state index contributed by atoms with van der Waals surface area (Å²) < 4.78 is 0. The largest absolute Gasteiger partial charge is 0.376 e. The molecule has 3 N–H and O–H groups in total. The third-order valence-corrected chi connectivity index (χ3v) is 3.19. The average Bonchev–Trinajstić information content (AvgIpc) is 2.78. The van der Waals surface area contributed by atoms with E-state index in [0.29, 0.717) is 6.04 Å². The summed E-state index contributed by atoms with van der Waals surface area (Å²) in [4.78, 5) is 0. The smallest absolute Gasteiger partial charge is 0.0728 e. The highest BCUT2D eigenvalue weighted by Gasteiger charge is 2.17. The minimum atomic E-state index is 0.360. The number of benzene rings is 1. The summed E-state index contributed by atoms with van der Waals surface area (Å²) in [5, 5.41) is 13.8. The molecule has 1 unspecified atom stereocenters. The highest BCUT2D eigenvalue weighted by Crippen LogP contribution is 2.26. The molecule has 0 bridgehead atoms. The molecule has 4 nitrogen and oxygen atoms in total. The Morgan fingerprint density at radius 1 is 1.29 bits per heavy atom. The van der Waals surface area contributed by atoms with Crippen molar-refractivity contribution in [3.63, 3.8) is 0 Å². The summed E-state index contributed by atoms with van der Waals surface area (Å²) in [7, 11) is 0. The Balaban J connectivity index is 1.89. The maximum atomic E-state index is 3.96. The van der Waals surface area contributed by atoms with Gasteiger partial charge in [-0.1, -0.05) is 24.3 Å². The summed E-state index contributed by atoms with van der Waals surface area (Å²) in [6.07, 6.45) is 4.80. The van der Waals surface area contributed by atoms with Crippen LogP contribution in [0.2, 0.25) is 0 Å². The van der Waals surface area contributed by atoms with Gasteiger partial charge in [0.05, 0.1) is 17.9 Å². The normalized spacial score (nSPS) is 19.4. The van der Waals surface area contributed by atoms with Crippen LogP contribution in [0.4, 0.5) is 5.69 Å². The maximum absolute atomic E-state index is 3.96. The summed E-state index contributed by atoms with van der Waals surface area (Å²) in [5.74, 6) is 0. The Labute approximate surface area is 100 Å². The van der Waals surface area contributed by atoms with E-state index >= 15 is 0 Å². The van der Waals surface area contributed by atoms with Crippen LogP contribution < -0.4 is 10.6 Å². The fourth-order valence-corrected chi connectivity index (χ4v) is 2.34. The van der Waals surface area contributed by atoms with Gasteiger partial charge in [0.25, 0.3) is 0 Å². The number of aromatic nitrogens is 2. The van der Waals surface area contributed by atoms with E-state index in [2.05, 4.69) is 45.1 Å². The Kier molecular flexibility index (Phi) is 2.80. The van der Waals surface area contributed by atoms with Crippen molar-refractivity contribution < 1.29 is 0 Å². The third kappa shape index (κ3) is 2.17. The minimum absolute atomic E-state index is 0.360. The molecule has 2 aromatic rings. The molecule has 0 fully saturated rings. The van der Waals surface area contributed by atoms with E-state index in [1.807, 2.05) is 12.4 Å². The molecule has 1 aliphatic rings. The molecule has 17 heavy (non-hydrogen) atoms. The van der Waals surface area contributed by atoms with Crippen molar-refractivity contribution in [2.75, 3.05) is 11.9 Å². The molecule has 1 aromatic heterocycles. The van der Waals surface area contributed by atoms with Gasteiger partial charge in [-0.05, 0) is 24.1 Å². The molecule has 1 aromatic carbocycles. The van der Waals surface area contributed by atoms with Crippen LogP contribution in [0.25, 0.3) is 0 Å². The third-order valence-electron chi connectivity index (χ3n) is 3.19. The molecule has 0 spiro atoms. The predicted octanol–water partition coefficient (Wildman–Crippen LogP) is 2.06. The molecule has 0 amide bonds. The van der Waals surface area contributed by atoms with Crippen LogP contribution in [0.3, 0.4) is 0 Å². The zero-order chi connectivity index (χ0) is 11.5. The predicted molar refractivity (Wildman–Crippen MR) is 67.7 cm³/mol. The molecule has 0 saturated carbocycles. The van der Waals surface area contributed by atoms with Crippen molar-refractivity contribution in [1.82, 2.24) is 15.5 Å². The summed E-state index contributed by atoms with van der Waals surface area (Å²) >= 11 is 0. The zero-order valence-corrected chi connectivity index (χ0v) is 9.61. The quantitative estimate of drug-likeness (QED) is 0.737. The summed E-state index contributed by atoms with van der Waals surface area (Å²) in [6.45, 7) is 1.99. The SMILES string of the molecule is c1ccc2c(c1)CNCCC2Nc1cn[nH]c1. The highest BCUT2D eigenvalue weighted by atomic mass is 15.1. The van der Waals surface area contributed by atoms with Crippen LogP contribution in [0, 0.1) is 0 Å². The number of nitrogens with one attached hydrogen (secondary N) is 3. The number of H-pyrrole nitrogens is 1. The number of rotatable bonds is 2. The second-order valence-corrected chi connectivity index (χ2v) is 4.35. The van der Waals surface area contributed by atoms with Crippen LogP contribution in [0.5, 0.6) is 0 Å². The van der Waals surface area contributed by atoms with Crippen LogP contribution in [0.1, 0.15) is 23.6 Å². The number of nitrogens with zero attached hydrogens (tertiary/aromatic N) is 1. The first-order chi connectivity index (χ1) is 8.43. The number of hydrogen-bond acceptors (Lipinski definition) is 3. The molecular weight excluding hydrogens is 212 g/mol. The molecule has 0 radical (unpaired) electrons. The lowest BCUT2D eigenvalue weighted by molar-refractivity contribution is 0.637. The van der Waals surface area contributed by atoms with E-state index in [-0.39, 0.29) is 0 Å².